The SMILES string of the molecule is O=c1c2ccc3c4ccc5c6c(ccc(c7ccc(c2c37)c2nc3c(F)cc(F)cc3n12)c46)c(=O)n1c2cc(F)cc(F)c2nc51. The minimum atomic E-state index is -0.854. The maximum atomic E-state index is 14.8. The van der Waals surface area contributed by atoms with E-state index in [0.29, 0.717) is 32.3 Å². The van der Waals surface area contributed by atoms with E-state index in [9.17, 15) is 27.2 Å². The van der Waals surface area contributed by atoms with Crippen LogP contribution in [0.5, 0.6) is 0 Å². The van der Waals surface area contributed by atoms with Gasteiger partial charge in [0.2, 0.25) is 0 Å². The molecule has 11 rings (SSSR count). The Balaban J connectivity index is 1.37. The molecular weight excluding hydrogens is 596 g/mol. The smallest absolute Gasteiger partial charge is 0.264 e. The van der Waals surface area contributed by atoms with Crippen molar-refractivity contribution in [1.29, 1.82) is 0 Å². The largest absolute Gasteiger partial charge is 0.268 e. The number of fused-ring (bicyclic) bond motifs is 10. The summed E-state index contributed by atoms with van der Waals surface area (Å²) < 4.78 is 60.6. The third-order valence-electron chi connectivity index (χ3n) is 9.61. The van der Waals surface area contributed by atoms with Gasteiger partial charge in [-0.05, 0) is 56.6 Å². The highest BCUT2D eigenvalue weighted by molar-refractivity contribution is 6.40. The van der Waals surface area contributed by atoms with Gasteiger partial charge in [-0.2, -0.15) is 0 Å². The zero-order valence-electron chi connectivity index (χ0n) is 23.0. The molecule has 7 aromatic carbocycles. The topological polar surface area (TPSA) is 68.7 Å². The molecule has 10 heteroatoms. The average Bonchev–Trinajstić information content (AvgIpc) is 3.62. The lowest BCUT2D eigenvalue weighted by atomic mass is 9.86. The number of aromatic nitrogens is 4. The molecule has 0 spiro atoms. The van der Waals surface area contributed by atoms with Crippen molar-refractivity contribution >= 4 is 98.0 Å². The van der Waals surface area contributed by atoms with Gasteiger partial charge in [0.05, 0.1) is 11.0 Å². The molecule has 0 radical (unpaired) electrons. The van der Waals surface area contributed by atoms with Gasteiger partial charge >= 0.3 is 0 Å². The van der Waals surface area contributed by atoms with Crippen LogP contribution in [0.2, 0.25) is 0 Å². The summed E-state index contributed by atoms with van der Waals surface area (Å²) in [7, 11) is 0. The Morgan fingerprint density at radius 2 is 0.761 bits per heavy atom. The molecule has 11 aromatic rings. The van der Waals surface area contributed by atoms with E-state index in [-0.39, 0.29) is 33.4 Å². The number of benzene rings is 7. The first-order chi connectivity index (χ1) is 22.3. The van der Waals surface area contributed by atoms with Crippen LogP contribution >= 0.6 is 0 Å². The Kier molecular flexibility index (Phi) is 3.97. The first-order valence-corrected chi connectivity index (χ1v) is 14.4. The van der Waals surface area contributed by atoms with Gasteiger partial charge in [0.25, 0.3) is 11.1 Å². The lowest BCUT2D eigenvalue weighted by Crippen LogP contribution is -2.14. The molecular formula is C36H12F4N4O2. The Labute approximate surface area is 251 Å². The highest BCUT2D eigenvalue weighted by Crippen LogP contribution is 2.45. The number of halogens is 4. The van der Waals surface area contributed by atoms with Crippen LogP contribution in [0.4, 0.5) is 17.6 Å². The molecule has 0 aliphatic carbocycles. The monoisotopic (exact) mass is 608 g/mol. The first-order valence-electron chi connectivity index (χ1n) is 14.4. The van der Waals surface area contributed by atoms with Crippen LogP contribution in [-0.4, -0.2) is 18.8 Å². The molecule has 0 bridgehead atoms. The predicted octanol–water partition coefficient (Wildman–Crippen LogP) is 7.80. The van der Waals surface area contributed by atoms with Crippen molar-refractivity contribution in [3.8, 4) is 0 Å². The predicted molar refractivity (Wildman–Crippen MR) is 170 cm³/mol. The molecule has 0 saturated carbocycles. The number of imidazole rings is 2. The van der Waals surface area contributed by atoms with Crippen molar-refractivity contribution in [1.82, 2.24) is 18.8 Å². The van der Waals surface area contributed by atoms with E-state index in [2.05, 4.69) is 9.97 Å². The molecule has 46 heavy (non-hydrogen) atoms. The summed E-state index contributed by atoms with van der Waals surface area (Å²) in [4.78, 5) is 36.8. The summed E-state index contributed by atoms with van der Waals surface area (Å²) in [6, 6.07) is 18.3. The molecule has 6 nitrogen and oxygen atoms in total. The molecule has 0 N–H and O–H groups in total. The van der Waals surface area contributed by atoms with Crippen LogP contribution in [0.15, 0.2) is 82.4 Å². The molecule has 4 heterocycles. The maximum Gasteiger partial charge on any atom is 0.264 e. The average molecular weight is 609 g/mol. The van der Waals surface area contributed by atoms with Crippen molar-refractivity contribution in [3.63, 3.8) is 0 Å². The lowest BCUT2D eigenvalue weighted by molar-refractivity contribution is 0.590. The summed E-state index contributed by atoms with van der Waals surface area (Å²) in [6.07, 6.45) is 0. The molecule has 0 aliphatic heterocycles. The van der Waals surface area contributed by atoms with Gasteiger partial charge < -0.3 is 0 Å². The van der Waals surface area contributed by atoms with Crippen LogP contribution in [0.3, 0.4) is 0 Å². The number of pyridine rings is 2. The molecule has 0 unspecified atom stereocenters. The van der Waals surface area contributed by atoms with Crippen LogP contribution in [0, 0.1) is 23.3 Å². The molecule has 0 fully saturated rings. The molecule has 0 saturated heterocycles. The lowest BCUT2D eigenvalue weighted by Gasteiger charge is -2.18. The summed E-state index contributed by atoms with van der Waals surface area (Å²) in [6.45, 7) is 0. The highest BCUT2D eigenvalue weighted by atomic mass is 19.1. The summed E-state index contributed by atoms with van der Waals surface area (Å²) in [5, 5.41) is 8.15. The van der Waals surface area contributed by atoms with Gasteiger partial charge in [0.1, 0.15) is 34.0 Å². The Hall–Kier alpha value is -6.16. The fourth-order valence-electron chi connectivity index (χ4n) is 7.84. The van der Waals surface area contributed by atoms with Gasteiger partial charge in [-0.3, -0.25) is 18.4 Å². The summed E-state index contributed by atoms with van der Waals surface area (Å²) in [5.41, 5.74) is -0.505. The van der Waals surface area contributed by atoms with Crippen molar-refractivity contribution in [2.75, 3.05) is 0 Å². The number of hydrogen-bond donors (Lipinski definition) is 0. The quantitative estimate of drug-likeness (QED) is 0.100. The van der Waals surface area contributed by atoms with Crippen molar-refractivity contribution in [2.24, 2.45) is 0 Å². The molecule has 0 atom stereocenters. The fourth-order valence-corrected chi connectivity index (χ4v) is 7.84. The number of hydrogen-bond acceptors (Lipinski definition) is 4. The zero-order valence-corrected chi connectivity index (χ0v) is 23.0. The minimum Gasteiger partial charge on any atom is -0.268 e. The van der Waals surface area contributed by atoms with E-state index in [1.807, 2.05) is 36.4 Å². The van der Waals surface area contributed by atoms with Gasteiger partial charge in [-0.25, -0.2) is 27.5 Å². The minimum absolute atomic E-state index is 0.0551. The Morgan fingerprint density at radius 1 is 0.435 bits per heavy atom. The van der Waals surface area contributed by atoms with E-state index in [0.717, 1.165) is 56.6 Å². The third-order valence-corrected chi connectivity index (χ3v) is 9.61. The van der Waals surface area contributed by atoms with Gasteiger partial charge in [-0.15, -0.1) is 0 Å². The number of nitrogens with zero attached hydrogens (tertiary/aromatic N) is 4. The van der Waals surface area contributed by atoms with Crippen LogP contribution < -0.4 is 11.1 Å². The van der Waals surface area contributed by atoms with E-state index < -0.39 is 34.4 Å². The molecule has 0 aliphatic rings. The summed E-state index contributed by atoms with van der Waals surface area (Å²) in [5.74, 6) is -3.32. The molecule has 0 amide bonds. The fraction of sp³-hybridized carbons (Fsp3) is 0. The first kappa shape index (κ1) is 24.2. The molecule has 4 aromatic heterocycles. The van der Waals surface area contributed by atoms with Crippen molar-refractivity contribution in [3.05, 3.63) is 117 Å². The Morgan fingerprint density at radius 3 is 1.15 bits per heavy atom. The van der Waals surface area contributed by atoms with Gasteiger partial charge in [0, 0.05) is 56.6 Å². The van der Waals surface area contributed by atoms with E-state index in [1.54, 1.807) is 12.1 Å². The van der Waals surface area contributed by atoms with Crippen molar-refractivity contribution < 1.29 is 17.6 Å². The normalized spacial score (nSPS) is 13.0. The van der Waals surface area contributed by atoms with E-state index in [1.165, 1.54) is 8.80 Å². The summed E-state index contributed by atoms with van der Waals surface area (Å²) >= 11 is 0. The number of rotatable bonds is 0. The maximum absolute atomic E-state index is 14.8. The van der Waals surface area contributed by atoms with E-state index in [4.69, 9.17) is 0 Å². The van der Waals surface area contributed by atoms with Crippen LogP contribution in [0.25, 0.3) is 98.0 Å². The molecule has 216 valence electrons. The van der Waals surface area contributed by atoms with Gasteiger partial charge in [-0.1, -0.05) is 24.3 Å². The van der Waals surface area contributed by atoms with Gasteiger partial charge in [0.15, 0.2) is 11.6 Å². The zero-order chi connectivity index (χ0) is 30.9. The third kappa shape index (κ3) is 2.55. The van der Waals surface area contributed by atoms with Crippen LogP contribution in [-0.2, 0) is 0 Å². The standard InChI is InChI=1S/C36H12F4N4O2/c37-13-9-23(39)31-25(11-13)43-33(41-31)19-5-1-15-17-3-7-22-30-20(34-42-32-24(40)10-14(38)12-26(32)44(34)36(22)46)6-2-16(28(17)30)18-4-8-21(35(43)45)29(19)27(15)18/h1-12H. The van der Waals surface area contributed by atoms with Crippen LogP contribution in [0.1, 0.15) is 0 Å². The Bertz CT molecular complexity index is 3110. The highest BCUT2D eigenvalue weighted by Gasteiger charge is 2.25. The second kappa shape index (κ2) is 7.55. The van der Waals surface area contributed by atoms with Crippen molar-refractivity contribution in [2.45, 2.75) is 0 Å². The second-order valence-electron chi connectivity index (χ2n) is 11.8. The van der Waals surface area contributed by atoms with E-state index >= 15 is 0 Å². The second-order valence-corrected chi connectivity index (χ2v) is 11.8.